The summed E-state index contributed by atoms with van der Waals surface area (Å²) in [5, 5.41) is 14.6. The number of aliphatic hydroxyl groups excluding tert-OH is 1. The molecule has 0 aliphatic heterocycles. The largest absolute Gasteiger partial charge is 0.387 e. The van der Waals surface area contributed by atoms with E-state index in [0.717, 1.165) is 11.3 Å². The number of halogens is 2. The van der Waals surface area contributed by atoms with Gasteiger partial charge in [-0.05, 0) is 49.2 Å². The minimum absolute atomic E-state index is 0.379. The molecule has 2 N–H and O–H groups in total. The second-order valence-electron chi connectivity index (χ2n) is 4.88. The second-order valence-corrected chi connectivity index (χ2v) is 5.72. The molecule has 1 atom stereocenters. The van der Waals surface area contributed by atoms with Gasteiger partial charge < -0.3 is 10.4 Å². The lowest BCUT2D eigenvalue weighted by Crippen LogP contribution is -2.13. The van der Waals surface area contributed by atoms with Gasteiger partial charge >= 0.3 is 0 Å². The lowest BCUT2D eigenvalue weighted by Gasteiger charge is -2.16. The average molecular weight is 310 g/mol. The number of benzene rings is 2. The maximum Gasteiger partial charge on any atom is 0.0977 e. The van der Waals surface area contributed by atoms with E-state index in [1.54, 1.807) is 18.2 Å². The monoisotopic (exact) mass is 309 g/mol. The van der Waals surface area contributed by atoms with Crippen LogP contribution >= 0.6 is 23.2 Å². The molecule has 2 aromatic carbocycles. The second kappa shape index (κ2) is 6.49. The Morgan fingerprint density at radius 3 is 2.60 bits per heavy atom. The van der Waals surface area contributed by atoms with Gasteiger partial charge in [0.25, 0.3) is 0 Å². The van der Waals surface area contributed by atoms with Crippen molar-refractivity contribution in [1.29, 1.82) is 0 Å². The van der Waals surface area contributed by atoms with Gasteiger partial charge in [0.05, 0.1) is 6.10 Å². The van der Waals surface area contributed by atoms with Crippen molar-refractivity contribution in [2.24, 2.45) is 0 Å². The van der Waals surface area contributed by atoms with Crippen LogP contribution in [0.5, 0.6) is 0 Å². The molecule has 2 rings (SSSR count). The third kappa shape index (κ3) is 3.66. The van der Waals surface area contributed by atoms with Crippen LogP contribution in [0.4, 0.5) is 5.69 Å². The molecule has 0 fully saturated rings. The van der Waals surface area contributed by atoms with Gasteiger partial charge in [-0.2, -0.15) is 0 Å². The molecule has 0 amide bonds. The van der Waals surface area contributed by atoms with Gasteiger partial charge in [-0.15, -0.1) is 0 Å². The number of hydrogen-bond acceptors (Lipinski definition) is 2. The van der Waals surface area contributed by atoms with Crippen molar-refractivity contribution < 1.29 is 5.11 Å². The first kappa shape index (κ1) is 15.2. The number of aryl methyl sites for hydroxylation is 2. The average Bonchev–Trinajstić information content (AvgIpc) is 2.42. The first-order valence-corrected chi connectivity index (χ1v) is 7.17. The summed E-state index contributed by atoms with van der Waals surface area (Å²) in [6.45, 7) is 4.44. The van der Waals surface area contributed by atoms with Gasteiger partial charge in [0, 0.05) is 27.8 Å². The summed E-state index contributed by atoms with van der Waals surface area (Å²) in [5.74, 6) is 0. The molecule has 106 valence electrons. The fraction of sp³-hybridized carbons (Fsp3) is 0.250. The summed E-state index contributed by atoms with van der Waals surface area (Å²) >= 11 is 12.0. The van der Waals surface area contributed by atoms with Gasteiger partial charge in [-0.3, -0.25) is 0 Å². The molecule has 2 nitrogen and oxygen atoms in total. The third-order valence-electron chi connectivity index (χ3n) is 3.20. The first-order valence-electron chi connectivity index (χ1n) is 6.41. The standard InChI is InChI=1S/C16H17Cl2NO/c1-10-3-4-11(2)15(7-10)19-9-16(20)13-8-12(17)5-6-14(13)18/h3-8,16,19-20H,9H2,1-2H3. The summed E-state index contributed by atoms with van der Waals surface area (Å²) in [6.07, 6.45) is -0.707. The molecular formula is C16H17Cl2NO. The minimum Gasteiger partial charge on any atom is -0.387 e. The smallest absolute Gasteiger partial charge is 0.0977 e. The van der Waals surface area contributed by atoms with Crippen molar-refractivity contribution in [2.75, 3.05) is 11.9 Å². The Morgan fingerprint density at radius 2 is 1.85 bits per heavy atom. The Labute approximate surface area is 129 Å². The Hall–Kier alpha value is -1.22. The molecule has 0 bridgehead atoms. The molecule has 20 heavy (non-hydrogen) atoms. The zero-order chi connectivity index (χ0) is 14.7. The predicted molar refractivity (Wildman–Crippen MR) is 85.8 cm³/mol. The van der Waals surface area contributed by atoms with E-state index >= 15 is 0 Å². The van der Waals surface area contributed by atoms with E-state index in [0.29, 0.717) is 22.2 Å². The summed E-state index contributed by atoms with van der Waals surface area (Å²) in [4.78, 5) is 0. The SMILES string of the molecule is Cc1ccc(C)c(NCC(O)c2cc(Cl)ccc2Cl)c1. The van der Waals surface area contributed by atoms with E-state index in [-0.39, 0.29) is 0 Å². The number of hydrogen-bond donors (Lipinski definition) is 2. The van der Waals surface area contributed by atoms with Crippen molar-refractivity contribution in [2.45, 2.75) is 20.0 Å². The van der Waals surface area contributed by atoms with E-state index in [1.807, 2.05) is 13.8 Å². The molecule has 2 aromatic rings. The van der Waals surface area contributed by atoms with Crippen LogP contribution in [0, 0.1) is 13.8 Å². The van der Waals surface area contributed by atoms with Crippen LogP contribution in [0.3, 0.4) is 0 Å². The van der Waals surface area contributed by atoms with Crippen LogP contribution in [-0.4, -0.2) is 11.7 Å². The molecule has 1 unspecified atom stereocenters. The van der Waals surface area contributed by atoms with Crippen molar-refractivity contribution in [3.63, 3.8) is 0 Å². The highest BCUT2D eigenvalue weighted by Crippen LogP contribution is 2.27. The molecule has 4 heteroatoms. The lowest BCUT2D eigenvalue weighted by molar-refractivity contribution is 0.191. The van der Waals surface area contributed by atoms with E-state index in [1.165, 1.54) is 5.56 Å². The van der Waals surface area contributed by atoms with E-state index in [2.05, 4.69) is 23.5 Å². The highest BCUT2D eigenvalue weighted by Gasteiger charge is 2.12. The molecule has 0 heterocycles. The number of anilines is 1. The minimum atomic E-state index is -0.707. The third-order valence-corrected chi connectivity index (χ3v) is 3.78. The van der Waals surface area contributed by atoms with Crippen LogP contribution in [0.1, 0.15) is 22.8 Å². The van der Waals surface area contributed by atoms with Crippen molar-refractivity contribution in [1.82, 2.24) is 0 Å². The highest BCUT2D eigenvalue weighted by molar-refractivity contribution is 6.33. The van der Waals surface area contributed by atoms with Crippen molar-refractivity contribution >= 4 is 28.9 Å². The number of nitrogens with one attached hydrogen (secondary N) is 1. The predicted octanol–water partition coefficient (Wildman–Crippen LogP) is 4.76. The molecule has 0 saturated carbocycles. The summed E-state index contributed by atoms with van der Waals surface area (Å²) in [5.41, 5.74) is 3.97. The normalized spacial score (nSPS) is 12.2. The van der Waals surface area contributed by atoms with Crippen LogP contribution in [0.15, 0.2) is 36.4 Å². The Balaban J connectivity index is 2.10. The Morgan fingerprint density at radius 1 is 1.10 bits per heavy atom. The van der Waals surface area contributed by atoms with Crippen LogP contribution in [0.2, 0.25) is 10.0 Å². The van der Waals surface area contributed by atoms with Crippen LogP contribution in [0.25, 0.3) is 0 Å². The van der Waals surface area contributed by atoms with E-state index in [9.17, 15) is 5.11 Å². The quantitative estimate of drug-likeness (QED) is 0.853. The van der Waals surface area contributed by atoms with Crippen molar-refractivity contribution in [3.05, 3.63) is 63.1 Å². The van der Waals surface area contributed by atoms with E-state index in [4.69, 9.17) is 23.2 Å². The van der Waals surface area contributed by atoms with Crippen LogP contribution < -0.4 is 5.32 Å². The molecule has 0 spiro atoms. The van der Waals surface area contributed by atoms with Gasteiger partial charge in [-0.25, -0.2) is 0 Å². The number of aliphatic hydroxyl groups is 1. The van der Waals surface area contributed by atoms with Gasteiger partial charge in [0.1, 0.15) is 0 Å². The van der Waals surface area contributed by atoms with Crippen molar-refractivity contribution in [3.8, 4) is 0 Å². The molecule has 0 aliphatic carbocycles. The maximum absolute atomic E-state index is 10.2. The Bertz CT molecular complexity index is 613. The van der Waals surface area contributed by atoms with E-state index < -0.39 is 6.10 Å². The Kier molecular flexibility index (Phi) is 4.92. The lowest BCUT2D eigenvalue weighted by atomic mass is 10.1. The fourth-order valence-corrected chi connectivity index (χ4v) is 2.44. The summed E-state index contributed by atoms with van der Waals surface area (Å²) in [7, 11) is 0. The molecular weight excluding hydrogens is 293 g/mol. The zero-order valence-electron chi connectivity index (χ0n) is 11.5. The molecule has 0 radical (unpaired) electrons. The maximum atomic E-state index is 10.2. The van der Waals surface area contributed by atoms with Crippen LogP contribution in [-0.2, 0) is 0 Å². The first-order chi connectivity index (χ1) is 9.47. The summed E-state index contributed by atoms with van der Waals surface area (Å²) < 4.78 is 0. The zero-order valence-corrected chi connectivity index (χ0v) is 13.0. The molecule has 0 aliphatic rings. The molecule has 0 saturated heterocycles. The molecule has 0 aromatic heterocycles. The fourth-order valence-electron chi connectivity index (χ4n) is 2.01. The van der Waals surface area contributed by atoms with Gasteiger partial charge in [0.15, 0.2) is 0 Å². The topological polar surface area (TPSA) is 32.3 Å². The number of rotatable bonds is 4. The van der Waals surface area contributed by atoms with Gasteiger partial charge in [0.2, 0.25) is 0 Å². The van der Waals surface area contributed by atoms with Gasteiger partial charge in [-0.1, -0.05) is 35.3 Å². The highest BCUT2D eigenvalue weighted by atomic mass is 35.5. The summed E-state index contributed by atoms with van der Waals surface area (Å²) in [6, 6.07) is 11.3.